The number of fused-ring (bicyclic) bond motifs is 2. The van der Waals surface area contributed by atoms with Crippen molar-refractivity contribution >= 4 is 28.5 Å². The minimum atomic E-state index is -0.271. The monoisotopic (exact) mass is 472 g/mol. The SMILES string of the molecule is CNc1nccc(-c2c(-c3ccc(F)cc3)nc3n2[C@H](Cn2ccc4c(Cl)cccc42)CC3)n1. The van der Waals surface area contributed by atoms with Gasteiger partial charge in [-0.05, 0) is 55.0 Å². The fraction of sp³-hybridized carbons (Fsp3) is 0.192. The Bertz CT molecular complexity index is 1500. The normalized spacial score (nSPS) is 15.1. The van der Waals surface area contributed by atoms with Crippen LogP contribution in [0, 0.1) is 5.82 Å². The molecule has 5 aromatic rings. The molecular weight excluding hydrogens is 451 g/mol. The lowest BCUT2D eigenvalue weighted by molar-refractivity contribution is 0.459. The highest BCUT2D eigenvalue weighted by Crippen LogP contribution is 2.40. The van der Waals surface area contributed by atoms with E-state index in [2.05, 4.69) is 37.8 Å². The van der Waals surface area contributed by atoms with Crippen LogP contribution in [0.1, 0.15) is 18.3 Å². The van der Waals surface area contributed by atoms with Gasteiger partial charge in [-0.3, -0.25) is 0 Å². The lowest BCUT2D eigenvalue weighted by Crippen LogP contribution is -2.13. The second-order valence-electron chi connectivity index (χ2n) is 8.45. The first-order chi connectivity index (χ1) is 16.6. The Kier molecular flexibility index (Phi) is 5.07. The van der Waals surface area contributed by atoms with Gasteiger partial charge in [-0.15, -0.1) is 0 Å². The molecule has 0 amide bonds. The van der Waals surface area contributed by atoms with Crippen molar-refractivity contribution in [3.8, 4) is 22.6 Å². The first kappa shape index (κ1) is 20.9. The summed E-state index contributed by atoms with van der Waals surface area (Å²) < 4.78 is 18.2. The average molecular weight is 473 g/mol. The van der Waals surface area contributed by atoms with Gasteiger partial charge in [0.25, 0.3) is 0 Å². The Labute approximate surface area is 201 Å². The highest BCUT2D eigenvalue weighted by molar-refractivity contribution is 6.35. The molecule has 0 aliphatic carbocycles. The van der Waals surface area contributed by atoms with E-state index in [-0.39, 0.29) is 11.9 Å². The number of hydrogen-bond donors (Lipinski definition) is 1. The molecule has 0 radical (unpaired) electrons. The zero-order valence-corrected chi connectivity index (χ0v) is 19.3. The highest BCUT2D eigenvalue weighted by atomic mass is 35.5. The van der Waals surface area contributed by atoms with Crippen LogP contribution < -0.4 is 5.32 Å². The van der Waals surface area contributed by atoms with Gasteiger partial charge in [0.2, 0.25) is 5.95 Å². The molecule has 0 saturated heterocycles. The van der Waals surface area contributed by atoms with E-state index in [1.165, 1.54) is 12.1 Å². The Balaban J connectivity index is 1.49. The summed E-state index contributed by atoms with van der Waals surface area (Å²) >= 11 is 6.41. The van der Waals surface area contributed by atoms with Crippen LogP contribution in [0.4, 0.5) is 10.3 Å². The average Bonchev–Trinajstić information content (AvgIpc) is 3.55. The van der Waals surface area contributed by atoms with E-state index >= 15 is 0 Å². The number of anilines is 1. The molecular formula is C26H22ClFN6. The molecule has 0 spiro atoms. The molecule has 0 unspecified atom stereocenters. The van der Waals surface area contributed by atoms with Gasteiger partial charge >= 0.3 is 0 Å². The van der Waals surface area contributed by atoms with Crippen molar-refractivity contribution in [2.24, 2.45) is 0 Å². The summed E-state index contributed by atoms with van der Waals surface area (Å²) in [4.78, 5) is 14.0. The van der Waals surface area contributed by atoms with Gasteiger partial charge in [0, 0.05) is 53.9 Å². The van der Waals surface area contributed by atoms with Gasteiger partial charge in [-0.2, -0.15) is 0 Å². The predicted molar refractivity (Wildman–Crippen MR) is 132 cm³/mol. The third-order valence-electron chi connectivity index (χ3n) is 6.46. The number of nitrogens with one attached hydrogen (secondary N) is 1. The molecule has 2 aromatic carbocycles. The van der Waals surface area contributed by atoms with Crippen LogP contribution in [0.25, 0.3) is 33.5 Å². The van der Waals surface area contributed by atoms with Crippen LogP contribution in [-0.4, -0.2) is 31.1 Å². The number of benzene rings is 2. The second kappa shape index (κ2) is 8.25. The first-order valence-electron chi connectivity index (χ1n) is 11.2. The topological polar surface area (TPSA) is 60.6 Å². The smallest absolute Gasteiger partial charge is 0.222 e. The van der Waals surface area contributed by atoms with Crippen molar-refractivity contribution in [2.45, 2.75) is 25.4 Å². The predicted octanol–water partition coefficient (Wildman–Crippen LogP) is 5.98. The third-order valence-corrected chi connectivity index (χ3v) is 6.79. The Morgan fingerprint density at radius 2 is 1.94 bits per heavy atom. The molecule has 1 N–H and O–H groups in total. The maximum absolute atomic E-state index is 13.6. The molecule has 34 heavy (non-hydrogen) atoms. The maximum Gasteiger partial charge on any atom is 0.222 e. The number of hydrogen-bond acceptors (Lipinski definition) is 4. The summed E-state index contributed by atoms with van der Waals surface area (Å²) in [6, 6.07) is 16.6. The quantitative estimate of drug-likeness (QED) is 0.341. The van der Waals surface area contributed by atoms with Crippen LogP contribution in [0.5, 0.6) is 0 Å². The van der Waals surface area contributed by atoms with Crippen LogP contribution in [0.3, 0.4) is 0 Å². The molecule has 4 heterocycles. The second-order valence-corrected chi connectivity index (χ2v) is 8.86. The highest BCUT2D eigenvalue weighted by Gasteiger charge is 2.31. The molecule has 6 nitrogen and oxygen atoms in total. The molecule has 170 valence electrons. The van der Waals surface area contributed by atoms with E-state index in [1.54, 1.807) is 25.4 Å². The molecule has 3 aromatic heterocycles. The van der Waals surface area contributed by atoms with E-state index in [0.29, 0.717) is 5.95 Å². The third kappa shape index (κ3) is 3.44. The zero-order chi connectivity index (χ0) is 23.2. The van der Waals surface area contributed by atoms with E-state index in [0.717, 1.165) is 63.8 Å². The van der Waals surface area contributed by atoms with Gasteiger partial charge in [0.15, 0.2) is 0 Å². The van der Waals surface area contributed by atoms with Crippen molar-refractivity contribution in [3.05, 3.63) is 83.7 Å². The van der Waals surface area contributed by atoms with E-state index in [4.69, 9.17) is 21.6 Å². The Morgan fingerprint density at radius 1 is 1.09 bits per heavy atom. The number of nitrogens with zero attached hydrogens (tertiary/aromatic N) is 5. The van der Waals surface area contributed by atoms with Crippen molar-refractivity contribution in [3.63, 3.8) is 0 Å². The minimum absolute atomic E-state index is 0.189. The van der Waals surface area contributed by atoms with E-state index < -0.39 is 0 Å². The Morgan fingerprint density at radius 3 is 2.76 bits per heavy atom. The van der Waals surface area contributed by atoms with Crippen molar-refractivity contribution in [1.82, 2.24) is 24.1 Å². The standard InChI is InChI=1S/C26H22ClFN6/c1-29-26-30-13-11-21(31-26)25-24(16-5-7-17(28)8-6-16)32-23-10-9-18(34(23)25)15-33-14-12-19-20(27)3-2-4-22(19)33/h2-8,11-14,18H,9-10,15H2,1H3,(H,29,30,31)/t18-/m0/s1. The molecule has 0 fully saturated rings. The summed E-state index contributed by atoms with van der Waals surface area (Å²) in [7, 11) is 1.80. The maximum atomic E-state index is 13.6. The Hall–Kier alpha value is -3.71. The lowest BCUT2D eigenvalue weighted by atomic mass is 10.1. The molecule has 1 aliphatic rings. The van der Waals surface area contributed by atoms with E-state index in [9.17, 15) is 4.39 Å². The number of imidazole rings is 1. The van der Waals surface area contributed by atoms with Crippen molar-refractivity contribution in [1.29, 1.82) is 0 Å². The summed E-state index contributed by atoms with van der Waals surface area (Å²) in [6.07, 6.45) is 5.68. The molecule has 0 bridgehead atoms. The summed E-state index contributed by atoms with van der Waals surface area (Å²) in [5.41, 5.74) is 4.49. The lowest BCUT2D eigenvalue weighted by Gasteiger charge is -2.19. The fourth-order valence-electron chi connectivity index (χ4n) is 4.88. The summed E-state index contributed by atoms with van der Waals surface area (Å²) in [5, 5.41) is 4.82. The largest absolute Gasteiger partial charge is 0.357 e. The van der Waals surface area contributed by atoms with Crippen molar-refractivity contribution < 1.29 is 4.39 Å². The first-order valence-corrected chi connectivity index (χ1v) is 11.6. The van der Waals surface area contributed by atoms with Crippen LogP contribution in [0.2, 0.25) is 5.02 Å². The van der Waals surface area contributed by atoms with Crippen LogP contribution in [0.15, 0.2) is 67.0 Å². The fourth-order valence-corrected chi connectivity index (χ4v) is 5.12. The number of halogens is 2. The molecule has 1 atom stereocenters. The van der Waals surface area contributed by atoms with Crippen LogP contribution >= 0.6 is 11.6 Å². The van der Waals surface area contributed by atoms with Crippen molar-refractivity contribution in [2.75, 3.05) is 12.4 Å². The number of aryl methyl sites for hydroxylation is 1. The van der Waals surface area contributed by atoms with E-state index in [1.807, 2.05) is 18.2 Å². The molecule has 1 aliphatic heterocycles. The molecule has 8 heteroatoms. The molecule has 6 rings (SSSR count). The van der Waals surface area contributed by atoms with Gasteiger partial charge < -0.3 is 14.5 Å². The number of aromatic nitrogens is 5. The minimum Gasteiger partial charge on any atom is -0.357 e. The molecule has 0 saturated carbocycles. The summed E-state index contributed by atoms with van der Waals surface area (Å²) in [6.45, 7) is 0.785. The van der Waals surface area contributed by atoms with Gasteiger partial charge in [0.05, 0.1) is 23.1 Å². The van der Waals surface area contributed by atoms with Gasteiger partial charge in [0.1, 0.15) is 11.6 Å². The number of rotatable bonds is 5. The zero-order valence-electron chi connectivity index (χ0n) is 18.5. The van der Waals surface area contributed by atoms with Gasteiger partial charge in [-0.1, -0.05) is 17.7 Å². The van der Waals surface area contributed by atoms with Gasteiger partial charge in [-0.25, -0.2) is 19.3 Å². The van der Waals surface area contributed by atoms with Crippen LogP contribution in [-0.2, 0) is 13.0 Å². The summed E-state index contributed by atoms with van der Waals surface area (Å²) in [5.74, 6) is 1.28.